The van der Waals surface area contributed by atoms with E-state index in [1.165, 1.54) is 18.0 Å². The summed E-state index contributed by atoms with van der Waals surface area (Å²) >= 11 is 0. The molecule has 122 valence electrons. The Bertz CT molecular complexity index is 822. The van der Waals surface area contributed by atoms with Crippen molar-refractivity contribution in [1.82, 2.24) is 9.97 Å². The van der Waals surface area contributed by atoms with Crippen LogP contribution in [-0.2, 0) is 28.3 Å². The van der Waals surface area contributed by atoms with Crippen LogP contribution in [0.3, 0.4) is 0 Å². The molecule has 3 rings (SSSR count). The van der Waals surface area contributed by atoms with E-state index in [1.807, 2.05) is 26.8 Å². The van der Waals surface area contributed by atoms with Crippen LogP contribution in [0.2, 0.25) is 0 Å². The minimum atomic E-state index is -3.61. The van der Waals surface area contributed by atoms with Gasteiger partial charge in [-0.2, -0.15) is 0 Å². The van der Waals surface area contributed by atoms with E-state index in [0.29, 0.717) is 11.5 Å². The van der Waals surface area contributed by atoms with Crippen LogP contribution in [0, 0.1) is 0 Å². The first-order valence-electron chi connectivity index (χ1n) is 7.73. The summed E-state index contributed by atoms with van der Waals surface area (Å²) in [6, 6.07) is 5.35. The molecule has 1 aromatic carbocycles. The molecule has 23 heavy (non-hydrogen) atoms. The highest BCUT2D eigenvalue weighted by atomic mass is 32.2. The SMILES string of the molecule is CC(C)(C)c1ncc(NS(=O)(=O)c2ccc3c(c2)CCC3)cn1. The number of hydrogen-bond donors (Lipinski definition) is 1. The third-order valence-electron chi connectivity index (χ3n) is 3.96. The molecule has 5 nitrogen and oxygen atoms in total. The smallest absolute Gasteiger partial charge is 0.262 e. The maximum atomic E-state index is 12.5. The number of benzene rings is 1. The van der Waals surface area contributed by atoms with Gasteiger partial charge in [0.2, 0.25) is 0 Å². The molecule has 2 aromatic rings. The minimum absolute atomic E-state index is 0.169. The molecule has 0 saturated heterocycles. The van der Waals surface area contributed by atoms with Crippen LogP contribution in [-0.4, -0.2) is 18.4 Å². The van der Waals surface area contributed by atoms with E-state index < -0.39 is 10.0 Å². The van der Waals surface area contributed by atoms with Crippen LogP contribution in [0.25, 0.3) is 0 Å². The van der Waals surface area contributed by atoms with Gasteiger partial charge in [0.15, 0.2) is 0 Å². The molecule has 0 unspecified atom stereocenters. The lowest BCUT2D eigenvalue weighted by atomic mass is 9.96. The van der Waals surface area contributed by atoms with Gasteiger partial charge in [0.1, 0.15) is 5.82 Å². The zero-order chi connectivity index (χ0) is 16.7. The third kappa shape index (κ3) is 3.37. The summed E-state index contributed by atoms with van der Waals surface area (Å²) < 4.78 is 27.6. The lowest BCUT2D eigenvalue weighted by Gasteiger charge is -2.16. The summed E-state index contributed by atoms with van der Waals surface area (Å²) in [5.74, 6) is 0.679. The predicted molar refractivity (Wildman–Crippen MR) is 90.0 cm³/mol. The second-order valence-corrected chi connectivity index (χ2v) is 8.62. The van der Waals surface area contributed by atoms with Crippen molar-refractivity contribution in [3.8, 4) is 0 Å². The second-order valence-electron chi connectivity index (χ2n) is 6.93. The molecule has 1 heterocycles. The largest absolute Gasteiger partial charge is 0.276 e. The minimum Gasteiger partial charge on any atom is -0.276 e. The molecule has 1 aliphatic carbocycles. The first-order valence-corrected chi connectivity index (χ1v) is 9.21. The first-order chi connectivity index (χ1) is 10.8. The molecular weight excluding hydrogens is 310 g/mol. The Hall–Kier alpha value is -1.95. The second kappa shape index (κ2) is 5.60. The Kier molecular flexibility index (Phi) is 3.88. The highest BCUT2D eigenvalue weighted by Gasteiger charge is 2.20. The maximum Gasteiger partial charge on any atom is 0.262 e. The Morgan fingerprint density at radius 3 is 2.35 bits per heavy atom. The standard InChI is InChI=1S/C17H21N3O2S/c1-17(2,3)16-18-10-14(11-19-16)20-23(21,22)15-8-7-12-5-4-6-13(12)9-15/h7-11,20H,4-6H2,1-3H3. The molecule has 1 N–H and O–H groups in total. The molecule has 0 radical (unpaired) electrons. The fraction of sp³-hybridized carbons (Fsp3) is 0.412. The Morgan fingerprint density at radius 2 is 1.70 bits per heavy atom. The van der Waals surface area contributed by atoms with Crippen molar-refractivity contribution in [3.05, 3.63) is 47.5 Å². The molecule has 1 aliphatic rings. The van der Waals surface area contributed by atoms with Crippen molar-refractivity contribution >= 4 is 15.7 Å². The number of nitrogens with one attached hydrogen (secondary N) is 1. The summed E-state index contributed by atoms with van der Waals surface area (Å²) in [7, 11) is -3.61. The highest BCUT2D eigenvalue weighted by molar-refractivity contribution is 7.92. The molecule has 0 fully saturated rings. The van der Waals surface area contributed by atoms with Gasteiger partial charge in [0.25, 0.3) is 10.0 Å². The lowest BCUT2D eigenvalue weighted by molar-refractivity contribution is 0.545. The fourth-order valence-electron chi connectivity index (χ4n) is 2.70. The number of hydrogen-bond acceptors (Lipinski definition) is 4. The highest BCUT2D eigenvalue weighted by Crippen LogP contribution is 2.26. The van der Waals surface area contributed by atoms with Crippen molar-refractivity contribution in [2.45, 2.75) is 50.3 Å². The van der Waals surface area contributed by atoms with Gasteiger partial charge in [-0.1, -0.05) is 26.8 Å². The number of anilines is 1. The molecule has 0 spiro atoms. The monoisotopic (exact) mass is 331 g/mol. The van der Waals surface area contributed by atoms with E-state index in [-0.39, 0.29) is 10.3 Å². The van der Waals surface area contributed by atoms with Crippen LogP contribution in [0.4, 0.5) is 5.69 Å². The van der Waals surface area contributed by atoms with E-state index in [1.54, 1.807) is 12.1 Å². The number of nitrogens with zero attached hydrogens (tertiary/aromatic N) is 2. The average Bonchev–Trinajstić information content (AvgIpc) is 2.93. The number of sulfonamides is 1. The summed E-state index contributed by atoms with van der Waals surface area (Å²) in [5, 5.41) is 0. The molecule has 1 aromatic heterocycles. The Balaban J connectivity index is 1.84. The summed E-state index contributed by atoms with van der Waals surface area (Å²) in [6.45, 7) is 6.03. The van der Waals surface area contributed by atoms with E-state index in [4.69, 9.17) is 0 Å². The van der Waals surface area contributed by atoms with Crippen LogP contribution < -0.4 is 4.72 Å². The van der Waals surface area contributed by atoms with Gasteiger partial charge >= 0.3 is 0 Å². The van der Waals surface area contributed by atoms with E-state index in [9.17, 15) is 8.42 Å². The molecular formula is C17H21N3O2S. The Morgan fingerprint density at radius 1 is 1.04 bits per heavy atom. The van der Waals surface area contributed by atoms with Crippen LogP contribution >= 0.6 is 0 Å². The van der Waals surface area contributed by atoms with Crippen molar-refractivity contribution in [2.24, 2.45) is 0 Å². The van der Waals surface area contributed by atoms with Gasteiger partial charge in [-0.15, -0.1) is 0 Å². The third-order valence-corrected chi connectivity index (χ3v) is 5.33. The number of aryl methyl sites for hydroxylation is 2. The molecule has 0 amide bonds. The molecule has 0 atom stereocenters. The average molecular weight is 331 g/mol. The summed E-state index contributed by atoms with van der Waals surface area (Å²) in [5.41, 5.74) is 2.59. The summed E-state index contributed by atoms with van der Waals surface area (Å²) in [4.78, 5) is 8.79. The zero-order valence-corrected chi connectivity index (χ0v) is 14.4. The maximum absolute atomic E-state index is 12.5. The van der Waals surface area contributed by atoms with Crippen LogP contribution in [0.15, 0.2) is 35.5 Å². The van der Waals surface area contributed by atoms with E-state index in [0.717, 1.165) is 24.8 Å². The van der Waals surface area contributed by atoms with Crippen LogP contribution in [0.1, 0.15) is 44.1 Å². The van der Waals surface area contributed by atoms with Gasteiger partial charge in [0, 0.05) is 5.41 Å². The van der Waals surface area contributed by atoms with Gasteiger partial charge in [-0.25, -0.2) is 18.4 Å². The zero-order valence-electron chi connectivity index (χ0n) is 13.6. The van der Waals surface area contributed by atoms with Crippen LogP contribution in [0.5, 0.6) is 0 Å². The van der Waals surface area contributed by atoms with Gasteiger partial charge < -0.3 is 0 Å². The van der Waals surface area contributed by atoms with Crippen molar-refractivity contribution in [2.75, 3.05) is 4.72 Å². The Labute approximate surface area is 137 Å². The molecule has 6 heteroatoms. The van der Waals surface area contributed by atoms with Crippen molar-refractivity contribution < 1.29 is 8.42 Å². The number of aromatic nitrogens is 2. The summed E-state index contributed by atoms with van der Waals surface area (Å²) in [6.07, 6.45) is 6.10. The predicted octanol–water partition coefficient (Wildman–Crippen LogP) is 3.06. The lowest BCUT2D eigenvalue weighted by Crippen LogP contribution is -2.17. The molecule has 0 saturated carbocycles. The number of rotatable bonds is 3. The van der Waals surface area contributed by atoms with E-state index >= 15 is 0 Å². The quantitative estimate of drug-likeness (QED) is 0.938. The van der Waals surface area contributed by atoms with E-state index in [2.05, 4.69) is 14.7 Å². The normalized spacial score (nSPS) is 14.6. The molecule has 0 bridgehead atoms. The van der Waals surface area contributed by atoms with Gasteiger partial charge in [0.05, 0.1) is 23.0 Å². The van der Waals surface area contributed by atoms with Gasteiger partial charge in [-0.05, 0) is 42.5 Å². The van der Waals surface area contributed by atoms with Gasteiger partial charge in [-0.3, -0.25) is 4.72 Å². The topological polar surface area (TPSA) is 72.0 Å². The fourth-order valence-corrected chi connectivity index (χ4v) is 3.78. The van der Waals surface area contributed by atoms with Crippen molar-refractivity contribution in [1.29, 1.82) is 0 Å². The first kappa shape index (κ1) is 15.9. The number of fused-ring (bicyclic) bond motifs is 1. The molecule has 0 aliphatic heterocycles. The van der Waals surface area contributed by atoms with Crippen molar-refractivity contribution in [3.63, 3.8) is 0 Å².